The largest absolute Gasteiger partial charge is 0.393 e. The van der Waals surface area contributed by atoms with Gasteiger partial charge < -0.3 is 14.9 Å². The van der Waals surface area contributed by atoms with E-state index >= 15 is 0 Å². The first-order valence-electron chi connectivity index (χ1n) is 7.14. The maximum Gasteiger partial charge on any atom is 0.219 e. The van der Waals surface area contributed by atoms with E-state index in [1.807, 2.05) is 11.0 Å². The minimum absolute atomic E-state index is 0.136. The zero-order chi connectivity index (χ0) is 14.1. The minimum atomic E-state index is -0.169. The Hall–Kier alpha value is -1.69. The van der Waals surface area contributed by atoms with E-state index in [0.29, 0.717) is 5.92 Å². The van der Waals surface area contributed by atoms with Crippen LogP contribution >= 0.6 is 0 Å². The van der Waals surface area contributed by atoms with Gasteiger partial charge in [-0.1, -0.05) is 0 Å². The second-order valence-electron chi connectivity index (χ2n) is 5.62. The number of aliphatic hydroxyl groups excluding tert-OH is 1. The van der Waals surface area contributed by atoms with Crippen LogP contribution < -0.4 is 4.90 Å². The van der Waals surface area contributed by atoms with Gasteiger partial charge in [0.1, 0.15) is 12.1 Å². The molecule has 1 aliphatic carbocycles. The number of carbonyl (C=O) groups is 1. The number of hydrogen-bond donors (Lipinski definition) is 1. The van der Waals surface area contributed by atoms with Crippen LogP contribution in [0.15, 0.2) is 12.4 Å². The molecule has 6 nitrogen and oxygen atoms in total. The van der Waals surface area contributed by atoms with E-state index in [9.17, 15) is 9.90 Å². The monoisotopic (exact) mass is 276 g/mol. The third-order valence-corrected chi connectivity index (χ3v) is 4.25. The highest BCUT2D eigenvalue weighted by atomic mass is 16.3. The molecule has 0 radical (unpaired) electrons. The summed E-state index contributed by atoms with van der Waals surface area (Å²) < 4.78 is 0. The summed E-state index contributed by atoms with van der Waals surface area (Å²) in [7, 11) is 0. The van der Waals surface area contributed by atoms with Gasteiger partial charge in [0, 0.05) is 50.8 Å². The van der Waals surface area contributed by atoms with Crippen molar-refractivity contribution in [3.8, 4) is 0 Å². The molecule has 6 heteroatoms. The van der Waals surface area contributed by atoms with Crippen LogP contribution in [-0.4, -0.2) is 58.2 Å². The number of rotatable bonds is 2. The van der Waals surface area contributed by atoms with E-state index in [2.05, 4.69) is 14.9 Å². The fourth-order valence-electron chi connectivity index (χ4n) is 2.84. The number of aliphatic hydroxyl groups is 1. The predicted octanol–water partition coefficient (Wildman–Crippen LogP) is 0.383. The summed E-state index contributed by atoms with van der Waals surface area (Å²) >= 11 is 0. The fourth-order valence-corrected chi connectivity index (χ4v) is 2.84. The van der Waals surface area contributed by atoms with Gasteiger partial charge in [0.05, 0.1) is 6.10 Å². The van der Waals surface area contributed by atoms with Crippen LogP contribution in [0.4, 0.5) is 5.82 Å². The van der Waals surface area contributed by atoms with Gasteiger partial charge in [-0.2, -0.15) is 0 Å². The van der Waals surface area contributed by atoms with Crippen molar-refractivity contribution in [2.75, 3.05) is 31.1 Å². The molecule has 1 aliphatic heterocycles. The molecule has 1 saturated carbocycles. The van der Waals surface area contributed by atoms with Crippen molar-refractivity contribution in [2.24, 2.45) is 0 Å². The van der Waals surface area contributed by atoms with Crippen molar-refractivity contribution in [1.29, 1.82) is 0 Å². The Morgan fingerprint density at radius 1 is 1.25 bits per heavy atom. The standard InChI is InChI=1S/C14H20N4O2/c1-10(19)17-2-4-18(5-3-17)14-8-13(15-9-16-14)11-6-12(20)7-11/h8-9,11-12,20H,2-7H2,1H3. The maximum atomic E-state index is 11.3. The lowest BCUT2D eigenvalue weighted by Gasteiger charge is -2.35. The third-order valence-electron chi connectivity index (χ3n) is 4.25. The molecular weight excluding hydrogens is 256 g/mol. The molecule has 2 fully saturated rings. The lowest BCUT2D eigenvalue weighted by atomic mass is 9.80. The van der Waals surface area contributed by atoms with Gasteiger partial charge in [-0.05, 0) is 12.8 Å². The first-order valence-corrected chi connectivity index (χ1v) is 7.14. The first-order chi connectivity index (χ1) is 9.63. The molecule has 2 aliphatic rings. The van der Waals surface area contributed by atoms with Crippen LogP contribution in [0.25, 0.3) is 0 Å². The molecule has 0 spiro atoms. The van der Waals surface area contributed by atoms with Crippen molar-refractivity contribution in [2.45, 2.75) is 31.8 Å². The summed E-state index contributed by atoms with van der Waals surface area (Å²) in [5.74, 6) is 1.43. The summed E-state index contributed by atoms with van der Waals surface area (Å²) in [5, 5.41) is 9.39. The number of aromatic nitrogens is 2. The van der Waals surface area contributed by atoms with Crippen LogP contribution in [0.2, 0.25) is 0 Å². The van der Waals surface area contributed by atoms with E-state index in [0.717, 1.165) is 50.5 Å². The van der Waals surface area contributed by atoms with Gasteiger partial charge in [0.2, 0.25) is 5.91 Å². The highest BCUT2D eigenvalue weighted by Gasteiger charge is 2.30. The quantitative estimate of drug-likeness (QED) is 0.846. The van der Waals surface area contributed by atoms with E-state index in [1.165, 1.54) is 0 Å². The van der Waals surface area contributed by atoms with Gasteiger partial charge in [0.15, 0.2) is 0 Å². The second-order valence-corrected chi connectivity index (χ2v) is 5.62. The topological polar surface area (TPSA) is 69.6 Å². The highest BCUT2D eigenvalue weighted by molar-refractivity contribution is 5.73. The van der Waals surface area contributed by atoms with E-state index in [-0.39, 0.29) is 12.0 Å². The number of hydrogen-bond acceptors (Lipinski definition) is 5. The second kappa shape index (κ2) is 5.36. The minimum Gasteiger partial charge on any atom is -0.393 e. The van der Waals surface area contributed by atoms with Crippen LogP contribution in [0.3, 0.4) is 0 Å². The Morgan fingerprint density at radius 3 is 2.55 bits per heavy atom. The summed E-state index contributed by atoms with van der Waals surface area (Å²) in [6.07, 6.45) is 3.04. The first kappa shape index (κ1) is 13.3. The summed E-state index contributed by atoms with van der Waals surface area (Å²) in [5.41, 5.74) is 1.02. The molecule has 1 amide bonds. The third kappa shape index (κ3) is 2.60. The Labute approximate surface area is 118 Å². The molecule has 0 atom stereocenters. The highest BCUT2D eigenvalue weighted by Crippen LogP contribution is 2.36. The number of anilines is 1. The van der Waals surface area contributed by atoms with Crippen molar-refractivity contribution in [1.82, 2.24) is 14.9 Å². The van der Waals surface area contributed by atoms with E-state index < -0.39 is 0 Å². The Balaban J connectivity index is 1.66. The average Bonchev–Trinajstić information content (AvgIpc) is 2.44. The number of carbonyl (C=O) groups excluding carboxylic acids is 1. The van der Waals surface area contributed by atoms with Gasteiger partial charge in [-0.25, -0.2) is 9.97 Å². The van der Waals surface area contributed by atoms with E-state index in [4.69, 9.17) is 0 Å². The molecule has 2 heterocycles. The van der Waals surface area contributed by atoms with Gasteiger partial charge in [0.25, 0.3) is 0 Å². The van der Waals surface area contributed by atoms with Crippen molar-refractivity contribution in [3.63, 3.8) is 0 Å². The van der Waals surface area contributed by atoms with Crippen LogP contribution in [0, 0.1) is 0 Å². The maximum absolute atomic E-state index is 11.3. The van der Waals surface area contributed by atoms with Crippen molar-refractivity contribution in [3.05, 3.63) is 18.1 Å². The van der Waals surface area contributed by atoms with Gasteiger partial charge in [-0.15, -0.1) is 0 Å². The Morgan fingerprint density at radius 2 is 1.95 bits per heavy atom. The van der Waals surface area contributed by atoms with Crippen LogP contribution in [0.5, 0.6) is 0 Å². The molecule has 0 unspecified atom stereocenters. The summed E-state index contributed by atoms with van der Waals surface area (Å²) in [6.45, 7) is 4.72. The summed E-state index contributed by atoms with van der Waals surface area (Å²) in [4.78, 5) is 24.0. The van der Waals surface area contributed by atoms with Crippen molar-refractivity contribution >= 4 is 11.7 Å². The molecule has 0 bridgehead atoms. The van der Waals surface area contributed by atoms with Gasteiger partial charge >= 0.3 is 0 Å². The number of piperazine rings is 1. The average molecular weight is 276 g/mol. The SMILES string of the molecule is CC(=O)N1CCN(c2cc(C3CC(O)C3)ncn2)CC1. The smallest absolute Gasteiger partial charge is 0.219 e. The molecule has 1 aromatic rings. The molecule has 3 rings (SSSR count). The predicted molar refractivity (Wildman–Crippen MR) is 74.5 cm³/mol. The van der Waals surface area contributed by atoms with Gasteiger partial charge in [-0.3, -0.25) is 4.79 Å². The molecule has 1 aromatic heterocycles. The summed E-state index contributed by atoms with van der Waals surface area (Å²) in [6, 6.07) is 2.03. The number of nitrogens with zero attached hydrogens (tertiary/aromatic N) is 4. The molecule has 0 aromatic carbocycles. The lowest BCUT2D eigenvalue weighted by molar-refractivity contribution is -0.129. The molecule has 1 N–H and O–H groups in total. The molecule has 20 heavy (non-hydrogen) atoms. The molecular formula is C14H20N4O2. The number of amides is 1. The van der Waals surface area contributed by atoms with Crippen LogP contribution in [0.1, 0.15) is 31.4 Å². The molecule has 1 saturated heterocycles. The van der Waals surface area contributed by atoms with Crippen LogP contribution in [-0.2, 0) is 4.79 Å². The normalized spacial score (nSPS) is 26.3. The molecule has 108 valence electrons. The van der Waals surface area contributed by atoms with E-state index in [1.54, 1.807) is 13.3 Å². The fraction of sp³-hybridized carbons (Fsp3) is 0.643. The zero-order valence-corrected chi connectivity index (χ0v) is 11.7. The van der Waals surface area contributed by atoms with Crippen molar-refractivity contribution < 1.29 is 9.90 Å². The lowest BCUT2D eigenvalue weighted by Crippen LogP contribution is -2.48. The zero-order valence-electron chi connectivity index (χ0n) is 11.7. The Bertz CT molecular complexity index is 494. The Kier molecular flexibility index (Phi) is 3.56.